The molecule has 0 aliphatic heterocycles. The largest absolute Gasteiger partial charge is 0.508 e. The van der Waals surface area contributed by atoms with E-state index in [-0.39, 0.29) is 40.2 Å². The molecule has 0 radical (unpaired) electrons. The maximum Gasteiger partial charge on any atom is 0.305 e. The first-order valence-corrected chi connectivity index (χ1v) is 7.42. The van der Waals surface area contributed by atoms with Gasteiger partial charge in [0, 0.05) is 35.4 Å². The zero-order valence-corrected chi connectivity index (χ0v) is 13.6. The van der Waals surface area contributed by atoms with Crippen LogP contribution in [-0.2, 0) is 16.0 Å². The van der Waals surface area contributed by atoms with Gasteiger partial charge in [0.1, 0.15) is 5.75 Å². The number of benzene rings is 2. The quantitative estimate of drug-likeness (QED) is 0.437. The minimum absolute atomic E-state index is 0.0159. The highest BCUT2D eigenvalue weighted by Crippen LogP contribution is 2.32. The number of nitrogens with zero attached hydrogens (tertiary/aromatic N) is 1. The van der Waals surface area contributed by atoms with Crippen LogP contribution in [0.15, 0.2) is 35.3 Å². The molecular weight excluding hydrogens is 334 g/mol. The summed E-state index contributed by atoms with van der Waals surface area (Å²) in [6, 6.07) is 7.24. The number of phenols is 3. The van der Waals surface area contributed by atoms with Gasteiger partial charge in [0.05, 0.1) is 12.8 Å². The SMILES string of the molecule is COC(=O)CCc1ccc(O)cc1N=Cc1cc(Cl)cc(O)c1O. The Morgan fingerprint density at radius 1 is 1.25 bits per heavy atom. The highest BCUT2D eigenvalue weighted by Gasteiger charge is 2.09. The van der Waals surface area contributed by atoms with E-state index < -0.39 is 0 Å². The summed E-state index contributed by atoms with van der Waals surface area (Å²) >= 11 is 5.84. The van der Waals surface area contributed by atoms with E-state index in [1.807, 2.05) is 0 Å². The average molecular weight is 350 g/mol. The molecule has 0 aliphatic carbocycles. The predicted octanol–water partition coefficient (Wildman–Crippen LogP) is 3.31. The molecule has 6 nitrogen and oxygen atoms in total. The van der Waals surface area contributed by atoms with Crippen molar-refractivity contribution in [1.29, 1.82) is 0 Å². The van der Waals surface area contributed by atoms with Crippen molar-refractivity contribution in [2.24, 2.45) is 4.99 Å². The van der Waals surface area contributed by atoms with Crippen LogP contribution >= 0.6 is 11.6 Å². The van der Waals surface area contributed by atoms with Crippen LogP contribution in [0.2, 0.25) is 5.02 Å². The Labute approximate surface area is 143 Å². The van der Waals surface area contributed by atoms with E-state index in [0.717, 1.165) is 5.56 Å². The van der Waals surface area contributed by atoms with Crippen LogP contribution in [0.1, 0.15) is 17.5 Å². The third-order valence-electron chi connectivity index (χ3n) is 3.32. The van der Waals surface area contributed by atoms with Gasteiger partial charge in [-0.25, -0.2) is 0 Å². The summed E-state index contributed by atoms with van der Waals surface area (Å²) in [7, 11) is 1.31. The number of carbonyl (C=O) groups excluding carboxylic acids is 1. The van der Waals surface area contributed by atoms with Gasteiger partial charge in [-0.15, -0.1) is 0 Å². The van der Waals surface area contributed by atoms with Gasteiger partial charge < -0.3 is 20.1 Å². The number of ether oxygens (including phenoxy) is 1. The fourth-order valence-corrected chi connectivity index (χ4v) is 2.29. The Bertz CT molecular complexity index is 789. The Morgan fingerprint density at radius 3 is 2.71 bits per heavy atom. The molecule has 2 aromatic rings. The first-order valence-electron chi connectivity index (χ1n) is 7.05. The summed E-state index contributed by atoms with van der Waals surface area (Å²) in [5.41, 5.74) is 1.38. The number of phenolic OH excluding ortho intramolecular Hbond substituents is 3. The Kier molecular flexibility index (Phi) is 5.65. The van der Waals surface area contributed by atoms with E-state index in [2.05, 4.69) is 9.73 Å². The number of halogens is 1. The van der Waals surface area contributed by atoms with Crippen molar-refractivity contribution in [3.63, 3.8) is 0 Å². The third-order valence-corrected chi connectivity index (χ3v) is 3.54. The molecule has 0 aromatic heterocycles. The van der Waals surface area contributed by atoms with E-state index in [4.69, 9.17) is 11.6 Å². The lowest BCUT2D eigenvalue weighted by atomic mass is 10.1. The molecule has 0 unspecified atom stereocenters. The number of aryl methyl sites for hydroxylation is 1. The molecule has 0 bridgehead atoms. The second-order valence-corrected chi connectivity index (χ2v) is 5.45. The average Bonchev–Trinajstić information content (AvgIpc) is 2.55. The fraction of sp³-hybridized carbons (Fsp3) is 0.176. The summed E-state index contributed by atoms with van der Waals surface area (Å²) in [4.78, 5) is 15.5. The highest BCUT2D eigenvalue weighted by atomic mass is 35.5. The number of rotatable bonds is 5. The van der Waals surface area contributed by atoms with E-state index in [0.29, 0.717) is 12.1 Å². The molecule has 0 spiro atoms. The lowest BCUT2D eigenvalue weighted by molar-refractivity contribution is -0.140. The normalized spacial score (nSPS) is 10.9. The molecule has 0 saturated heterocycles. The molecule has 7 heteroatoms. The number of aromatic hydroxyl groups is 3. The first kappa shape index (κ1) is 17.6. The van der Waals surface area contributed by atoms with E-state index in [1.54, 1.807) is 6.07 Å². The second kappa shape index (κ2) is 7.70. The Balaban J connectivity index is 2.31. The number of esters is 1. The summed E-state index contributed by atoms with van der Waals surface area (Å²) in [6.45, 7) is 0. The predicted molar refractivity (Wildman–Crippen MR) is 90.5 cm³/mol. The lowest BCUT2D eigenvalue weighted by Gasteiger charge is -2.07. The van der Waals surface area contributed by atoms with Gasteiger partial charge in [0.2, 0.25) is 0 Å². The number of methoxy groups -OCH3 is 1. The minimum atomic E-state index is -0.356. The third kappa shape index (κ3) is 4.39. The number of hydrogen-bond acceptors (Lipinski definition) is 6. The summed E-state index contributed by atoms with van der Waals surface area (Å²) in [6.07, 6.45) is 1.87. The molecule has 0 amide bonds. The lowest BCUT2D eigenvalue weighted by Crippen LogP contribution is -2.02. The van der Waals surface area contributed by atoms with Gasteiger partial charge in [0.15, 0.2) is 11.5 Å². The topological polar surface area (TPSA) is 99.4 Å². The second-order valence-electron chi connectivity index (χ2n) is 5.01. The standard InChI is InChI=1S/C17H16ClNO5/c1-24-16(22)5-3-10-2-4-13(20)8-14(10)19-9-11-6-12(18)7-15(21)17(11)23/h2,4,6-9,20-21,23H,3,5H2,1H3. The molecule has 2 aromatic carbocycles. The highest BCUT2D eigenvalue weighted by molar-refractivity contribution is 6.31. The molecule has 24 heavy (non-hydrogen) atoms. The van der Waals surface area contributed by atoms with Gasteiger partial charge in [-0.05, 0) is 24.1 Å². The van der Waals surface area contributed by atoms with E-state index in [9.17, 15) is 20.1 Å². The van der Waals surface area contributed by atoms with Crippen molar-refractivity contribution in [3.8, 4) is 17.2 Å². The van der Waals surface area contributed by atoms with E-state index >= 15 is 0 Å². The van der Waals surface area contributed by atoms with Crippen molar-refractivity contribution in [3.05, 3.63) is 46.5 Å². The summed E-state index contributed by atoms with van der Waals surface area (Å²) in [5.74, 6) is -1.04. The molecule has 3 N–H and O–H groups in total. The molecular formula is C17H16ClNO5. The van der Waals surface area contributed by atoms with Crippen molar-refractivity contribution in [1.82, 2.24) is 0 Å². The monoisotopic (exact) mass is 349 g/mol. The van der Waals surface area contributed by atoms with Crippen LogP contribution < -0.4 is 0 Å². The Morgan fingerprint density at radius 2 is 2.00 bits per heavy atom. The van der Waals surface area contributed by atoms with E-state index in [1.165, 1.54) is 37.6 Å². The number of hydrogen-bond donors (Lipinski definition) is 3. The van der Waals surface area contributed by atoms with Gasteiger partial charge in [-0.3, -0.25) is 9.79 Å². The van der Waals surface area contributed by atoms with Crippen molar-refractivity contribution < 1.29 is 24.9 Å². The zero-order valence-electron chi connectivity index (χ0n) is 12.9. The Hall–Kier alpha value is -2.73. The number of carbonyl (C=O) groups is 1. The molecule has 126 valence electrons. The fourth-order valence-electron chi connectivity index (χ4n) is 2.07. The summed E-state index contributed by atoms with van der Waals surface area (Å²) in [5, 5.41) is 29.3. The molecule has 2 rings (SSSR count). The van der Waals surface area contributed by atoms with Gasteiger partial charge in [-0.2, -0.15) is 0 Å². The van der Waals surface area contributed by atoms with Crippen LogP contribution in [0.5, 0.6) is 17.2 Å². The van der Waals surface area contributed by atoms with Crippen LogP contribution in [-0.4, -0.2) is 34.6 Å². The molecule has 0 saturated carbocycles. The van der Waals surface area contributed by atoms with Gasteiger partial charge in [-0.1, -0.05) is 17.7 Å². The maximum atomic E-state index is 11.3. The van der Waals surface area contributed by atoms with Crippen LogP contribution in [0.3, 0.4) is 0 Å². The minimum Gasteiger partial charge on any atom is -0.508 e. The molecule has 0 heterocycles. The van der Waals surface area contributed by atoms with Crippen LogP contribution in [0.4, 0.5) is 5.69 Å². The first-order chi connectivity index (χ1) is 11.4. The van der Waals surface area contributed by atoms with Crippen molar-refractivity contribution >= 4 is 29.5 Å². The molecule has 0 aliphatic rings. The smallest absolute Gasteiger partial charge is 0.305 e. The summed E-state index contributed by atoms with van der Waals surface area (Å²) < 4.78 is 4.60. The van der Waals surface area contributed by atoms with Crippen LogP contribution in [0.25, 0.3) is 0 Å². The number of aliphatic imine (C=N–C) groups is 1. The molecule has 0 atom stereocenters. The molecule has 0 fully saturated rings. The van der Waals surface area contributed by atoms with Crippen molar-refractivity contribution in [2.75, 3.05) is 7.11 Å². The maximum absolute atomic E-state index is 11.3. The van der Waals surface area contributed by atoms with Gasteiger partial charge >= 0.3 is 5.97 Å². The van der Waals surface area contributed by atoms with Crippen LogP contribution in [0, 0.1) is 0 Å². The van der Waals surface area contributed by atoms with Gasteiger partial charge in [0.25, 0.3) is 0 Å². The zero-order chi connectivity index (χ0) is 17.7. The van der Waals surface area contributed by atoms with Crippen molar-refractivity contribution in [2.45, 2.75) is 12.8 Å².